The molecule has 0 saturated carbocycles. The van der Waals surface area contributed by atoms with Gasteiger partial charge in [0.15, 0.2) is 0 Å². The molecule has 1 aromatic heterocycles. The predicted octanol–water partition coefficient (Wildman–Crippen LogP) is 5.39. The van der Waals surface area contributed by atoms with Crippen molar-refractivity contribution in [3.8, 4) is 11.3 Å². The Hall–Kier alpha value is -1.61. The smallest absolute Gasteiger partial charge is 0.0956 e. The fourth-order valence-electron chi connectivity index (χ4n) is 5.14. The zero-order valence-corrected chi connectivity index (χ0v) is 17.3. The number of rotatable bonds is 8. The molecule has 3 rings (SSSR count). The summed E-state index contributed by atoms with van der Waals surface area (Å²) in [6.07, 6.45) is 5.29. The molecule has 0 spiro atoms. The highest BCUT2D eigenvalue weighted by atomic mass is 15.1. The normalized spacial score (nSPS) is 18.7. The quantitative estimate of drug-likeness (QED) is 0.690. The maximum absolute atomic E-state index is 4.46. The van der Waals surface area contributed by atoms with Crippen LogP contribution in [0.15, 0.2) is 36.8 Å². The van der Waals surface area contributed by atoms with Crippen LogP contribution in [0.3, 0.4) is 0 Å². The largest absolute Gasteiger partial charge is 0.323 e. The summed E-state index contributed by atoms with van der Waals surface area (Å²) in [5.41, 5.74) is 4.41. The molecule has 2 heterocycles. The van der Waals surface area contributed by atoms with Crippen LogP contribution in [0.2, 0.25) is 0 Å². The third-order valence-electron chi connectivity index (χ3n) is 6.04. The van der Waals surface area contributed by atoms with Crippen LogP contribution in [-0.2, 0) is 0 Å². The summed E-state index contributed by atoms with van der Waals surface area (Å²) in [5.74, 6) is 1.84. The first-order valence-corrected chi connectivity index (χ1v) is 10.2. The predicted molar refractivity (Wildman–Crippen MR) is 110 cm³/mol. The molecule has 0 radical (unpaired) electrons. The Kier molecular flexibility index (Phi) is 5.57. The maximum Gasteiger partial charge on any atom is 0.0956 e. The minimum absolute atomic E-state index is 0.304. The van der Waals surface area contributed by atoms with Gasteiger partial charge in [0.1, 0.15) is 0 Å². The van der Waals surface area contributed by atoms with Crippen molar-refractivity contribution in [1.82, 2.24) is 14.9 Å². The van der Waals surface area contributed by atoms with E-state index in [-0.39, 0.29) is 0 Å². The van der Waals surface area contributed by atoms with Gasteiger partial charge in [-0.15, -0.1) is 0 Å². The lowest BCUT2D eigenvalue weighted by atomic mass is 9.70. The monoisotopic (exact) mass is 353 g/mol. The van der Waals surface area contributed by atoms with Crippen LogP contribution < -0.4 is 5.32 Å². The van der Waals surface area contributed by atoms with E-state index in [0.717, 1.165) is 13.1 Å². The van der Waals surface area contributed by atoms with Gasteiger partial charge in [-0.1, -0.05) is 65.8 Å². The van der Waals surface area contributed by atoms with Gasteiger partial charge in [-0.3, -0.25) is 0 Å². The lowest BCUT2D eigenvalue weighted by Crippen LogP contribution is -2.35. The molecule has 0 fully saturated rings. The van der Waals surface area contributed by atoms with Gasteiger partial charge in [0.2, 0.25) is 0 Å². The first-order chi connectivity index (χ1) is 12.4. The maximum atomic E-state index is 4.46. The van der Waals surface area contributed by atoms with E-state index in [9.17, 15) is 0 Å². The van der Waals surface area contributed by atoms with Gasteiger partial charge in [-0.05, 0) is 41.7 Å². The van der Waals surface area contributed by atoms with Gasteiger partial charge in [-0.25, -0.2) is 4.98 Å². The molecule has 2 aromatic rings. The van der Waals surface area contributed by atoms with E-state index in [1.165, 1.54) is 23.2 Å². The van der Waals surface area contributed by atoms with Gasteiger partial charge in [0, 0.05) is 12.1 Å². The Morgan fingerprint density at radius 1 is 1.19 bits per heavy atom. The van der Waals surface area contributed by atoms with Crippen LogP contribution in [0, 0.1) is 23.2 Å². The zero-order chi connectivity index (χ0) is 18.9. The fraction of sp³-hybridized carbons (Fsp3) is 0.609. The molecule has 0 amide bonds. The molecule has 0 bridgehead atoms. The second-order valence-electron chi connectivity index (χ2n) is 9.17. The summed E-state index contributed by atoms with van der Waals surface area (Å²) in [6, 6.07) is 9.29. The minimum atomic E-state index is 0.304. The van der Waals surface area contributed by atoms with Gasteiger partial charge in [0.25, 0.3) is 0 Å². The molecule has 26 heavy (non-hydrogen) atoms. The van der Waals surface area contributed by atoms with Crippen molar-refractivity contribution < 1.29 is 0 Å². The Balaban J connectivity index is 1.92. The first-order valence-electron chi connectivity index (χ1n) is 10.2. The van der Waals surface area contributed by atoms with Crippen LogP contribution in [-0.4, -0.2) is 22.6 Å². The number of hydrogen-bond donors (Lipinski definition) is 1. The van der Waals surface area contributed by atoms with Crippen molar-refractivity contribution in [2.45, 2.75) is 54.0 Å². The van der Waals surface area contributed by atoms with E-state index in [2.05, 4.69) is 80.7 Å². The van der Waals surface area contributed by atoms with Crippen LogP contribution in [0.5, 0.6) is 0 Å². The number of nitrogens with zero attached hydrogens (tertiary/aromatic N) is 2. The summed E-state index contributed by atoms with van der Waals surface area (Å²) < 4.78 is 2.42. The SMILES string of the molecule is CCNCC(C)(C)CC(C)C(C(C)C)C1c2ccccc2-c2cncn21. The molecule has 3 nitrogen and oxygen atoms in total. The highest BCUT2D eigenvalue weighted by Gasteiger charge is 2.39. The molecular weight excluding hydrogens is 318 g/mol. The minimum Gasteiger partial charge on any atom is -0.323 e. The average Bonchev–Trinajstić information content (AvgIpc) is 3.15. The zero-order valence-electron chi connectivity index (χ0n) is 17.3. The van der Waals surface area contributed by atoms with Crippen molar-refractivity contribution in [3.05, 3.63) is 42.4 Å². The van der Waals surface area contributed by atoms with Crippen LogP contribution in [0.4, 0.5) is 0 Å². The molecule has 1 aromatic carbocycles. The number of nitrogens with one attached hydrogen (secondary N) is 1. The highest BCUT2D eigenvalue weighted by molar-refractivity contribution is 5.69. The topological polar surface area (TPSA) is 29.9 Å². The number of benzene rings is 1. The van der Waals surface area contributed by atoms with E-state index in [4.69, 9.17) is 0 Å². The van der Waals surface area contributed by atoms with E-state index in [1.54, 1.807) is 0 Å². The Morgan fingerprint density at radius 2 is 1.92 bits per heavy atom. The Labute approximate surface area is 159 Å². The van der Waals surface area contributed by atoms with Gasteiger partial charge in [0.05, 0.1) is 24.3 Å². The van der Waals surface area contributed by atoms with E-state index >= 15 is 0 Å². The van der Waals surface area contributed by atoms with Gasteiger partial charge < -0.3 is 9.88 Å². The third-order valence-corrected chi connectivity index (χ3v) is 6.04. The van der Waals surface area contributed by atoms with Crippen molar-refractivity contribution in [3.63, 3.8) is 0 Å². The summed E-state index contributed by atoms with van der Waals surface area (Å²) in [7, 11) is 0. The summed E-state index contributed by atoms with van der Waals surface area (Å²) >= 11 is 0. The number of hydrogen-bond acceptors (Lipinski definition) is 2. The van der Waals surface area contributed by atoms with Crippen LogP contribution in [0.1, 0.15) is 59.6 Å². The molecule has 3 unspecified atom stereocenters. The number of imidazole rings is 1. The van der Waals surface area contributed by atoms with Gasteiger partial charge in [-0.2, -0.15) is 0 Å². The fourth-order valence-corrected chi connectivity index (χ4v) is 5.14. The summed E-state index contributed by atoms with van der Waals surface area (Å²) in [6.45, 7) is 16.3. The van der Waals surface area contributed by atoms with Gasteiger partial charge >= 0.3 is 0 Å². The Morgan fingerprint density at radius 3 is 2.62 bits per heavy atom. The highest BCUT2D eigenvalue weighted by Crippen LogP contribution is 2.48. The van der Waals surface area contributed by atoms with E-state index in [0.29, 0.717) is 29.2 Å². The van der Waals surface area contributed by atoms with Crippen LogP contribution in [0.25, 0.3) is 11.3 Å². The second-order valence-corrected chi connectivity index (χ2v) is 9.17. The average molecular weight is 354 g/mol. The van der Waals surface area contributed by atoms with Crippen molar-refractivity contribution in [1.29, 1.82) is 0 Å². The van der Waals surface area contributed by atoms with E-state index < -0.39 is 0 Å². The molecule has 0 saturated heterocycles. The molecule has 1 aliphatic heterocycles. The molecule has 142 valence electrons. The van der Waals surface area contributed by atoms with Crippen LogP contribution >= 0.6 is 0 Å². The standard InChI is InChI=1S/C23H35N3/c1-7-24-14-23(5,6)12-17(4)21(16(2)3)22-19-11-9-8-10-18(19)20-13-25-15-26(20)22/h8-11,13,15-17,21-22,24H,7,12,14H2,1-6H3. The second kappa shape index (κ2) is 7.56. The summed E-state index contributed by atoms with van der Waals surface area (Å²) in [4.78, 5) is 4.46. The molecule has 3 heteroatoms. The molecule has 0 aliphatic carbocycles. The third kappa shape index (κ3) is 3.59. The van der Waals surface area contributed by atoms with Crippen molar-refractivity contribution in [2.24, 2.45) is 23.2 Å². The first kappa shape index (κ1) is 19.2. The lowest BCUT2D eigenvalue weighted by Gasteiger charge is -2.38. The van der Waals surface area contributed by atoms with Crippen molar-refractivity contribution in [2.75, 3.05) is 13.1 Å². The molecule has 1 aliphatic rings. The number of aromatic nitrogens is 2. The molecule has 3 atom stereocenters. The Bertz CT molecular complexity index is 729. The van der Waals surface area contributed by atoms with Crippen molar-refractivity contribution >= 4 is 0 Å². The molecule has 1 N–H and O–H groups in total. The van der Waals surface area contributed by atoms with E-state index in [1.807, 2.05) is 12.5 Å². The molecular formula is C23H35N3. The number of fused-ring (bicyclic) bond motifs is 3. The lowest BCUT2D eigenvalue weighted by molar-refractivity contribution is 0.148. The summed E-state index contributed by atoms with van der Waals surface area (Å²) in [5, 5.41) is 3.54.